The van der Waals surface area contributed by atoms with E-state index in [4.69, 9.17) is 0 Å². The van der Waals surface area contributed by atoms with Crippen LogP contribution in [0.3, 0.4) is 0 Å². The smallest absolute Gasteiger partial charge is 0.172 e. The molecule has 0 saturated carbocycles. The van der Waals surface area contributed by atoms with E-state index in [0.29, 0.717) is 11.4 Å². The van der Waals surface area contributed by atoms with Crippen LogP contribution >= 0.6 is 0 Å². The molecule has 3 rings (SSSR count). The van der Waals surface area contributed by atoms with Crippen LogP contribution in [0.5, 0.6) is 5.75 Å². The molecule has 0 atom stereocenters. The first-order chi connectivity index (χ1) is 9.27. The van der Waals surface area contributed by atoms with Gasteiger partial charge in [-0.05, 0) is 31.2 Å². The highest BCUT2D eigenvalue weighted by molar-refractivity contribution is 5.65. The van der Waals surface area contributed by atoms with Gasteiger partial charge < -0.3 is 5.11 Å². The molecule has 1 aromatic heterocycles. The van der Waals surface area contributed by atoms with E-state index in [9.17, 15) is 5.11 Å². The van der Waals surface area contributed by atoms with Gasteiger partial charge in [0.15, 0.2) is 5.82 Å². The second kappa shape index (κ2) is 4.57. The summed E-state index contributed by atoms with van der Waals surface area (Å²) in [5.41, 5.74) is 1.65. The Bertz CT molecular complexity index is 704. The summed E-state index contributed by atoms with van der Waals surface area (Å²) in [5.74, 6) is 1.62. The Morgan fingerprint density at radius 2 is 1.58 bits per heavy atom. The molecule has 19 heavy (non-hydrogen) atoms. The van der Waals surface area contributed by atoms with Crippen LogP contribution in [0.2, 0.25) is 0 Å². The predicted molar refractivity (Wildman–Crippen MR) is 73.2 cm³/mol. The van der Waals surface area contributed by atoms with Crippen LogP contribution in [0.15, 0.2) is 54.6 Å². The maximum absolute atomic E-state index is 9.96. The van der Waals surface area contributed by atoms with E-state index in [1.807, 2.05) is 54.0 Å². The van der Waals surface area contributed by atoms with Crippen LogP contribution in [0.25, 0.3) is 17.1 Å². The summed E-state index contributed by atoms with van der Waals surface area (Å²) < 4.78 is 1.93. The van der Waals surface area contributed by atoms with Gasteiger partial charge in [0.05, 0.1) is 5.56 Å². The number of benzene rings is 2. The van der Waals surface area contributed by atoms with E-state index >= 15 is 0 Å². The summed E-state index contributed by atoms with van der Waals surface area (Å²) in [5, 5.41) is 18.3. The Morgan fingerprint density at radius 1 is 0.895 bits per heavy atom. The molecule has 0 aliphatic heterocycles. The first-order valence-electron chi connectivity index (χ1n) is 6.03. The summed E-state index contributed by atoms with van der Waals surface area (Å²) in [4.78, 5) is 0. The topological polar surface area (TPSA) is 50.9 Å². The number of phenolic OH excluding ortho intramolecular Hbond substituents is 1. The SMILES string of the molecule is Cc1nnc(-c2ccccc2O)n1-c1ccccc1. The minimum atomic E-state index is 0.201. The number of para-hydroxylation sites is 2. The van der Waals surface area contributed by atoms with Crippen molar-refractivity contribution in [1.82, 2.24) is 14.8 Å². The van der Waals surface area contributed by atoms with Crippen molar-refractivity contribution >= 4 is 0 Å². The molecular weight excluding hydrogens is 238 g/mol. The Hall–Kier alpha value is -2.62. The first-order valence-corrected chi connectivity index (χ1v) is 6.03. The molecule has 0 fully saturated rings. The molecule has 0 amide bonds. The molecule has 3 aromatic rings. The summed E-state index contributed by atoms with van der Waals surface area (Å²) in [6, 6.07) is 17.0. The number of nitrogens with zero attached hydrogens (tertiary/aromatic N) is 3. The molecule has 0 unspecified atom stereocenters. The molecule has 0 bridgehead atoms. The van der Waals surface area contributed by atoms with Gasteiger partial charge in [0.2, 0.25) is 0 Å². The van der Waals surface area contributed by atoms with Crippen molar-refractivity contribution in [2.45, 2.75) is 6.92 Å². The van der Waals surface area contributed by atoms with Crippen molar-refractivity contribution in [3.05, 3.63) is 60.4 Å². The molecule has 1 heterocycles. The number of aromatic nitrogens is 3. The largest absolute Gasteiger partial charge is 0.507 e. The van der Waals surface area contributed by atoms with E-state index in [1.54, 1.807) is 12.1 Å². The summed E-state index contributed by atoms with van der Waals surface area (Å²) in [7, 11) is 0. The fourth-order valence-electron chi connectivity index (χ4n) is 2.09. The number of aromatic hydroxyl groups is 1. The van der Waals surface area contributed by atoms with Crippen LogP contribution in [0.1, 0.15) is 5.82 Å². The van der Waals surface area contributed by atoms with E-state index < -0.39 is 0 Å². The Labute approximate surface area is 111 Å². The van der Waals surface area contributed by atoms with Crippen LogP contribution in [-0.4, -0.2) is 19.9 Å². The summed E-state index contributed by atoms with van der Waals surface area (Å²) in [6.07, 6.45) is 0. The van der Waals surface area contributed by atoms with Crippen molar-refractivity contribution in [3.8, 4) is 22.8 Å². The van der Waals surface area contributed by atoms with Gasteiger partial charge in [-0.2, -0.15) is 0 Å². The molecule has 1 N–H and O–H groups in total. The van der Waals surface area contributed by atoms with Crippen molar-refractivity contribution in [1.29, 1.82) is 0 Å². The zero-order valence-corrected chi connectivity index (χ0v) is 10.5. The summed E-state index contributed by atoms with van der Waals surface area (Å²) in [6.45, 7) is 1.89. The van der Waals surface area contributed by atoms with Gasteiger partial charge in [0, 0.05) is 5.69 Å². The molecule has 0 saturated heterocycles. The predicted octanol–water partition coefficient (Wildman–Crippen LogP) is 2.95. The number of rotatable bonds is 2. The third-order valence-electron chi connectivity index (χ3n) is 2.98. The van der Waals surface area contributed by atoms with E-state index in [-0.39, 0.29) is 5.75 Å². The Morgan fingerprint density at radius 3 is 2.32 bits per heavy atom. The molecule has 4 nitrogen and oxygen atoms in total. The average molecular weight is 251 g/mol. The lowest BCUT2D eigenvalue weighted by Crippen LogP contribution is -1.99. The van der Waals surface area contributed by atoms with Crippen LogP contribution < -0.4 is 0 Å². The van der Waals surface area contributed by atoms with Crippen molar-refractivity contribution in [3.63, 3.8) is 0 Å². The summed E-state index contributed by atoms with van der Waals surface area (Å²) >= 11 is 0. The molecular formula is C15H13N3O. The van der Waals surface area contributed by atoms with Gasteiger partial charge in [-0.25, -0.2) is 0 Å². The van der Waals surface area contributed by atoms with Crippen LogP contribution in [-0.2, 0) is 0 Å². The second-order valence-corrected chi connectivity index (χ2v) is 4.26. The van der Waals surface area contributed by atoms with Crippen molar-refractivity contribution in [2.24, 2.45) is 0 Å². The Balaban J connectivity index is 2.23. The van der Waals surface area contributed by atoms with Gasteiger partial charge in [-0.15, -0.1) is 10.2 Å². The lowest BCUT2D eigenvalue weighted by atomic mass is 10.2. The lowest BCUT2D eigenvalue weighted by molar-refractivity contribution is 0.476. The minimum Gasteiger partial charge on any atom is -0.507 e. The van der Waals surface area contributed by atoms with Gasteiger partial charge >= 0.3 is 0 Å². The maximum atomic E-state index is 9.96. The molecule has 2 aromatic carbocycles. The van der Waals surface area contributed by atoms with E-state index in [0.717, 1.165) is 11.5 Å². The molecule has 0 radical (unpaired) electrons. The highest BCUT2D eigenvalue weighted by Crippen LogP contribution is 2.29. The monoisotopic (exact) mass is 251 g/mol. The normalized spacial score (nSPS) is 10.6. The number of hydrogen-bond acceptors (Lipinski definition) is 3. The van der Waals surface area contributed by atoms with Crippen LogP contribution in [0.4, 0.5) is 0 Å². The number of hydrogen-bond donors (Lipinski definition) is 1. The fourth-order valence-corrected chi connectivity index (χ4v) is 2.09. The highest BCUT2D eigenvalue weighted by atomic mass is 16.3. The molecule has 0 spiro atoms. The minimum absolute atomic E-state index is 0.201. The van der Waals surface area contributed by atoms with Gasteiger partial charge in [0.1, 0.15) is 11.6 Å². The lowest BCUT2D eigenvalue weighted by Gasteiger charge is -2.09. The maximum Gasteiger partial charge on any atom is 0.172 e. The molecule has 0 aliphatic carbocycles. The van der Waals surface area contributed by atoms with Crippen molar-refractivity contribution in [2.75, 3.05) is 0 Å². The van der Waals surface area contributed by atoms with E-state index in [1.165, 1.54) is 0 Å². The third-order valence-corrected chi connectivity index (χ3v) is 2.98. The second-order valence-electron chi connectivity index (χ2n) is 4.26. The van der Waals surface area contributed by atoms with E-state index in [2.05, 4.69) is 10.2 Å². The zero-order valence-electron chi connectivity index (χ0n) is 10.5. The molecule has 94 valence electrons. The third kappa shape index (κ3) is 1.97. The fraction of sp³-hybridized carbons (Fsp3) is 0.0667. The number of aryl methyl sites for hydroxylation is 1. The van der Waals surface area contributed by atoms with Crippen LogP contribution in [0, 0.1) is 6.92 Å². The molecule has 0 aliphatic rings. The Kier molecular flexibility index (Phi) is 2.76. The highest BCUT2D eigenvalue weighted by Gasteiger charge is 2.14. The zero-order chi connectivity index (χ0) is 13.2. The van der Waals surface area contributed by atoms with Gasteiger partial charge in [-0.3, -0.25) is 4.57 Å². The average Bonchev–Trinajstić information content (AvgIpc) is 2.82. The number of phenols is 1. The van der Waals surface area contributed by atoms with Gasteiger partial charge in [-0.1, -0.05) is 30.3 Å². The molecule has 4 heteroatoms. The van der Waals surface area contributed by atoms with Gasteiger partial charge in [0.25, 0.3) is 0 Å². The first kappa shape index (κ1) is 11.5. The standard InChI is InChI=1S/C15H13N3O/c1-11-16-17-15(13-9-5-6-10-14(13)19)18(11)12-7-3-2-4-8-12/h2-10,19H,1H3. The quantitative estimate of drug-likeness (QED) is 0.761. The van der Waals surface area contributed by atoms with Crippen molar-refractivity contribution < 1.29 is 5.11 Å².